The van der Waals surface area contributed by atoms with E-state index in [1.54, 1.807) is 6.92 Å². The van der Waals surface area contributed by atoms with Crippen molar-refractivity contribution in [2.75, 3.05) is 49.3 Å². The third kappa shape index (κ3) is 4.22. The maximum atomic E-state index is 11.7. The minimum absolute atomic E-state index is 0.0854. The second-order valence-corrected chi connectivity index (χ2v) is 6.60. The molecule has 2 N–H and O–H groups in total. The van der Waals surface area contributed by atoms with Gasteiger partial charge in [0.15, 0.2) is 0 Å². The van der Waals surface area contributed by atoms with E-state index in [0.29, 0.717) is 19.0 Å². The van der Waals surface area contributed by atoms with E-state index in [-0.39, 0.29) is 5.91 Å². The third-order valence-electron chi connectivity index (χ3n) is 4.42. The smallest absolute Gasteiger partial charge is 0.227 e. The van der Waals surface area contributed by atoms with E-state index in [2.05, 4.69) is 20.6 Å². The van der Waals surface area contributed by atoms with E-state index >= 15 is 0 Å². The number of nitrogens with zero attached hydrogens (tertiary/aromatic N) is 4. The molecule has 0 fully saturated rings. The summed E-state index contributed by atoms with van der Waals surface area (Å²) < 4.78 is 0. The molecule has 7 nitrogen and oxygen atoms in total. The van der Waals surface area contributed by atoms with Crippen molar-refractivity contribution in [3.63, 3.8) is 0 Å². The first-order chi connectivity index (χ1) is 12.5. The molecule has 0 radical (unpaired) electrons. The maximum absolute atomic E-state index is 11.7. The van der Waals surface area contributed by atoms with E-state index < -0.39 is 0 Å². The molecule has 3 rings (SSSR count). The van der Waals surface area contributed by atoms with Gasteiger partial charge in [-0.25, -0.2) is 4.98 Å². The predicted molar refractivity (Wildman–Crippen MR) is 105 cm³/mol. The fraction of sp³-hybridized carbons (Fsp3) is 0.421. The zero-order chi connectivity index (χ0) is 18.5. The van der Waals surface area contributed by atoms with Crippen LogP contribution in [-0.2, 0) is 17.8 Å². The molecule has 26 heavy (non-hydrogen) atoms. The Bertz CT molecular complexity index is 762. The summed E-state index contributed by atoms with van der Waals surface area (Å²) in [5.74, 6) is 1.62. The minimum Gasteiger partial charge on any atom is -0.383 e. The molecular weight excluding hydrogens is 328 g/mol. The summed E-state index contributed by atoms with van der Waals surface area (Å²) in [7, 11) is 3.85. The van der Waals surface area contributed by atoms with Gasteiger partial charge in [0.05, 0.1) is 12.2 Å². The summed E-state index contributed by atoms with van der Waals surface area (Å²) in [6.07, 6.45) is 0.775. The average Bonchev–Trinajstić information content (AvgIpc) is 2.65. The van der Waals surface area contributed by atoms with Crippen LogP contribution in [0.2, 0.25) is 0 Å². The van der Waals surface area contributed by atoms with Gasteiger partial charge in [-0.15, -0.1) is 0 Å². The van der Waals surface area contributed by atoms with Crippen molar-refractivity contribution >= 4 is 23.4 Å². The molecule has 1 aromatic carbocycles. The Balaban J connectivity index is 1.70. The Morgan fingerprint density at radius 2 is 1.88 bits per heavy atom. The van der Waals surface area contributed by atoms with Crippen molar-refractivity contribution in [1.29, 1.82) is 0 Å². The van der Waals surface area contributed by atoms with Gasteiger partial charge in [0.25, 0.3) is 0 Å². The minimum atomic E-state index is 0.0854. The molecule has 0 aliphatic carbocycles. The maximum Gasteiger partial charge on any atom is 0.227 e. The van der Waals surface area contributed by atoms with Gasteiger partial charge < -0.3 is 20.4 Å². The molecule has 0 atom stereocenters. The third-order valence-corrected chi connectivity index (χ3v) is 4.42. The van der Waals surface area contributed by atoms with Gasteiger partial charge in [-0.1, -0.05) is 18.2 Å². The summed E-state index contributed by atoms with van der Waals surface area (Å²) in [4.78, 5) is 24.7. The number of carbonyl (C=O) groups excluding carboxylic acids is 1. The molecule has 1 amide bonds. The Hall–Kier alpha value is -2.83. The first kappa shape index (κ1) is 18.0. The van der Waals surface area contributed by atoms with Crippen LogP contribution < -0.4 is 15.5 Å². The molecule has 138 valence electrons. The van der Waals surface area contributed by atoms with Crippen molar-refractivity contribution in [3.05, 3.63) is 41.6 Å². The lowest BCUT2D eigenvalue weighted by molar-refractivity contribution is -0.129. The predicted octanol–water partition coefficient (Wildman–Crippen LogP) is 1.97. The molecule has 1 aliphatic heterocycles. The first-order valence-electron chi connectivity index (χ1n) is 8.90. The van der Waals surface area contributed by atoms with Gasteiger partial charge in [-0.2, -0.15) is 4.98 Å². The van der Waals surface area contributed by atoms with Gasteiger partial charge in [-0.3, -0.25) is 4.79 Å². The van der Waals surface area contributed by atoms with Crippen LogP contribution in [0, 0.1) is 0 Å². The van der Waals surface area contributed by atoms with E-state index in [1.807, 2.05) is 54.2 Å². The summed E-state index contributed by atoms with van der Waals surface area (Å²) in [5.41, 5.74) is 3.15. The molecule has 0 saturated heterocycles. The van der Waals surface area contributed by atoms with Crippen LogP contribution >= 0.6 is 0 Å². The number of anilines is 3. The molecular formula is C19H26N6O. The normalized spacial score (nSPS) is 13.1. The van der Waals surface area contributed by atoms with Gasteiger partial charge >= 0.3 is 0 Å². The Morgan fingerprint density at radius 1 is 1.15 bits per heavy atom. The molecule has 1 aromatic heterocycles. The lowest BCUT2D eigenvalue weighted by Crippen LogP contribution is -2.36. The largest absolute Gasteiger partial charge is 0.383 e. The number of hydrogen-bond acceptors (Lipinski definition) is 6. The van der Waals surface area contributed by atoms with Crippen LogP contribution in [0.4, 0.5) is 17.5 Å². The van der Waals surface area contributed by atoms with Crippen LogP contribution in [-0.4, -0.2) is 54.5 Å². The van der Waals surface area contributed by atoms with E-state index in [1.165, 1.54) is 0 Å². The number of benzene rings is 1. The molecule has 2 heterocycles. The Labute approximate surface area is 154 Å². The molecule has 0 bridgehead atoms. The van der Waals surface area contributed by atoms with Crippen LogP contribution in [0.5, 0.6) is 0 Å². The monoisotopic (exact) mass is 354 g/mol. The topological polar surface area (TPSA) is 73.4 Å². The summed E-state index contributed by atoms with van der Waals surface area (Å²) >= 11 is 0. The summed E-state index contributed by atoms with van der Waals surface area (Å²) in [5, 5.41) is 6.82. The quantitative estimate of drug-likeness (QED) is 0.773. The second kappa shape index (κ2) is 8.03. The molecule has 0 spiro atoms. The van der Waals surface area contributed by atoms with Gasteiger partial charge in [0, 0.05) is 51.9 Å². The summed E-state index contributed by atoms with van der Waals surface area (Å²) in [6, 6.07) is 10.1. The average molecular weight is 354 g/mol. The van der Waals surface area contributed by atoms with Crippen molar-refractivity contribution in [2.24, 2.45) is 0 Å². The number of rotatable bonds is 6. The Kier molecular flexibility index (Phi) is 5.55. The number of carbonyl (C=O) groups is 1. The van der Waals surface area contributed by atoms with Crippen LogP contribution in [0.1, 0.15) is 18.2 Å². The van der Waals surface area contributed by atoms with Crippen LogP contribution in [0.15, 0.2) is 30.3 Å². The fourth-order valence-corrected chi connectivity index (χ4v) is 2.98. The Morgan fingerprint density at radius 3 is 2.58 bits per heavy atom. The van der Waals surface area contributed by atoms with E-state index in [4.69, 9.17) is 0 Å². The zero-order valence-corrected chi connectivity index (χ0v) is 15.6. The van der Waals surface area contributed by atoms with Gasteiger partial charge in [0.1, 0.15) is 5.82 Å². The van der Waals surface area contributed by atoms with Crippen LogP contribution in [0.25, 0.3) is 0 Å². The fourth-order valence-electron chi connectivity index (χ4n) is 2.98. The lowest BCUT2D eigenvalue weighted by atomic mass is 10.1. The number of aromatic nitrogens is 2. The molecule has 0 unspecified atom stereocenters. The number of nitrogens with one attached hydrogen (secondary N) is 2. The van der Waals surface area contributed by atoms with Crippen molar-refractivity contribution in [2.45, 2.75) is 19.9 Å². The highest BCUT2D eigenvalue weighted by atomic mass is 16.2. The van der Waals surface area contributed by atoms with Crippen molar-refractivity contribution in [1.82, 2.24) is 14.9 Å². The zero-order valence-electron chi connectivity index (χ0n) is 15.6. The SMILES string of the molecule is CC(=O)N1CCc2c(nc(N(C)C)nc2NCCNc2ccccc2)C1. The molecule has 7 heteroatoms. The van der Waals surface area contributed by atoms with Crippen molar-refractivity contribution in [3.8, 4) is 0 Å². The molecule has 1 aliphatic rings. The van der Waals surface area contributed by atoms with Crippen LogP contribution in [0.3, 0.4) is 0 Å². The highest BCUT2D eigenvalue weighted by molar-refractivity contribution is 5.73. The molecule has 2 aromatic rings. The van der Waals surface area contributed by atoms with E-state index in [0.717, 1.165) is 42.3 Å². The molecule has 0 saturated carbocycles. The lowest BCUT2D eigenvalue weighted by Gasteiger charge is -2.29. The van der Waals surface area contributed by atoms with E-state index in [9.17, 15) is 4.79 Å². The first-order valence-corrected chi connectivity index (χ1v) is 8.90. The van der Waals surface area contributed by atoms with Crippen molar-refractivity contribution < 1.29 is 4.79 Å². The highest BCUT2D eigenvalue weighted by Crippen LogP contribution is 2.25. The number of amides is 1. The summed E-state index contributed by atoms with van der Waals surface area (Å²) in [6.45, 7) is 4.41. The van der Waals surface area contributed by atoms with Gasteiger partial charge in [0.2, 0.25) is 11.9 Å². The number of hydrogen-bond donors (Lipinski definition) is 2. The number of para-hydroxylation sites is 1. The second-order valence-electron chi connectivity index (χ2n) is 6.60. The highest BCUT2D eigenvalue weighted by Gasteiger charge is 2.24. The van der Waals surface area contributed by atoms with Gasteiger partial charge in [-0.05, 0) is 18.6 Å². The number of fused-ring (bicyclic) bond motifs is 1. The standard InChI is InChI=1S/C19H26N6O/c1-14(26)25-12-9-16-17(13-25)22-19(24(2)3)23-18(16)21-11-10-20-15-7-5-4-6-8-15/h4-8,20H,9-13H2,1-3H3,(H,21,22,23).